The number of benzene rings is 2. The van der Waals surface area contributed by atoms with Gasteiger partial charge < -0.3 is 15.5 Å². The van der Waals surface area contributed by atoms with E-state index in [9.17, 15) is 28.2 Å². The molecule has 0 spiro atoms. The molecule has 0 aliphatic carbocycles. The molecule has 2 aliphatic rings. The predicted octanol–water partition coefficient (Wildman–Crippen LogP) is 4.13. The molecule has 1 atom stereocenters. The van der Waals surface area contributed by atoms with E-state index >= 15 is 0 Å². The first-order chi connectivity index (χ1) is 15.0. The summed E-state index contributed by atoms with van der Waals surface area (Å²) >= 11 is 0. The van der Waals surface area contributed by atoms with Crippen molar-refractivity contribution in [3.63, 3.8) is 0 Å². The van der Waals surface area contributed by atoms with Gasteiger partial charge in [-0.1, -0.05) is 25.1 Å². The number of hydrogen-bond acceptors (Lipinski definition) is 4. The monoisotopic (exact) mass is 448 g/mol. The van der Waals surface area contributed by atoms with E-state index in [1.165, 1.54) is 12.1 Å². The Morgan fingerprint density at radius 3 is 2.25 bits per heavy atom. The first-order valence-electron chi connectivity index (χ1n) is 10.9. The first-order valence-corrected chi connectivity index (χ1v) is 10.9. The van der Waals surface area contributed by atoms with E-state index in [1.54, 1.807) is 0 Å². The van der Waals surface area contributed by atoms with Gasteiger partial charge in [-0.2, -0.15) is 13.2 Å². The van der Waals surface area contributed by atoms with Crippen molar-refractivity contribution in [1.29, 1.82) is 0 Å². The molecule has 32 heavy (non-hydrogen) atoms. The summed E-state index contributed by atoms with van der Waals surface area (Å²) in [4.78, 5) is 13.5. The maximum absolute atomic E-state index is 12.8. The molecule has 0 aromatic heterocycles. The second kappa shape index (κ2) is 8.17. The highest BCUT2D eigenvalue weighted by Gasteiger charge is 2.42. The molecule has 0 unspecified atom stereocenters. The lowest BCUT2D eigenvalue weighted by Crippen LogP contribution is -2.52. The third kappa shape index (κ3) is 4.14. The Kier molecular flexibility index (Phi) is 5.81. The zero-order valence-corrected chi connectivity index (χ0v) is 17.9. The predicted molar refractivity (Wildman–Crippen MR) is 114 cm³/mol. The molecule has 2 heterocycles. The highest BCUT2D eigenvalue weighted by molar-refractivity contribution is 5.93. The second-order valence-electron chi connectivity index (χ2n) is 8.68. The van der Waals surface area contributed by atoms with E-state index in [4.69, 9.17) is 0 Å². The molecule has 4 rings (SSSR count). The Bertz CT molecular complexity index is 999. The van der Waals surface area contributed by atoms with Crippen LogP contribution in [0.5, 0.6) is 0 Å². The van der Waals surface area contributed by atoms with Gasteiger partial charge in [0.1, 0.15) is 5.72 Å². The van der Waals surface area contributed by atoms with Crippen LogP contribution < -0.4 is 5.32 Å². The number of hydrogen-bond donors (Lipinski definition) is 3. The average molecular weight is 448 g/mol. The summed E-state index contributed by atoms with van der Waals surface area (Å²) in [6, 6.07) is 10.2. The molecule has 2 aliphatic heterocycles. The summed E-state index contributed by atoms with van der Waals surface area (Å²) < 4.78 is 38.5. The van der Waals surface area contributed by atoms with E-state index in [0.717, 1.165) is 28.9 Å². The van der Waals surface area contributed by atoms with Crippen LogP contribution >= 0.6 is 0 Å². The number of likely N-dealkylation sites (tertiary alicyclic amines) is 1. The summed E-state index contributed by atoms with van der Waals surface area (Å²) in [5, 5.41) is 25.5. The van der Waals surface area contributed by atoms with Crippen molar-refractivity contribution in [1.82, 2.24) is 4.90 Å². The Morgan fingerprint density at radius 2 is 1.66 bits per heavy atom. The third-order valence-electron chi connectivity index (χ3n) is 6.82. The zero-order valence-electron chi connectivity index (χ0n) is 17.9. The van der Waals surface area contributed by atoms with Gasteiger partial charge in [-0.25, -0.2) is 0 Å². The summed E-state index contributed by atoms with van der Waals surface area (Å²) in [7, 11) is 0. The van der Waals surface area contributed by atoms with Crippen molar-refractivity contribution in [2.24, 2.45) is 0 Å². The maximum Gasteiger partial charge on any atom is 0.416 e. The van der Waals surface area contributed by atoms with Crippen LogP contribution in [0.3, 0.4) is 0 Å². The number of nitrogens with one attached hydrogen (secondary N) is 1. The van der Waals surface area contributed by atoms with Gasteiger partial charge in [-0.3, -0.25) is 9.69 Å². The maximum atomic E-state index is 12.8. The number of nitrogens with zero attached hydrogens (tertiary/aromatic N) is 1. The molecule has 1 saturated heterocycles. The topological polar surface area (TPSA) is 72.8 Å². The quantitative estimate of drug-likeness (QED) is 0.658. The highest BCUT2D eigenvalue weighted by atomic mass is 19.4. The number of anilines is 1. The van der Waals surface area contributed by atoms with Gasteiger partial charge in [-0.05, 0) is 66.6 Å². The Hall–Kier alpha value is -2.42. The summed E-state index contributed by atoms with van der Waals surface area (Å²) in [5.74, 6) is -0.0189. The fourth-order valence-corrected chi connectivity index (χ4v) is 4.75. The van der Waals surface area contributed by atoms with Crippen LogP contribution in [-0.4, -0.2) is 34.1 Å². The third-order valence-corrected chi connectivity index (χ3v) is 6.82. The van der Waals surface area contributed by atoms with Gasteiger partial charge in [0.05, 0.1) is 11.2 Å². The molecule has 0 bridgehead atoms. The molecule has 1 amide bonds. The van der Waals surface area contributed by atoms with Crippen LogP contribution in [0.25, 0.3) is 0 Å². The van der Waals surface area contributed by atoms with Gasteiger partial charge in [0.2, 0.25) is 5.91 Å². The molecule has 0 radical (unpaired) electrons. The number of piperidine rings is 1. The van der Waals surface area contributed by atoms with Crippen LogP contribution in [0, 0.1) is 0 Å². The molecular weight excluding hydrogens is 421 g/mol. The molecule has 3 N–H and O–H groups in total. The minimum Gasteiger partial charge on any atom is -0.385 e. The summed E-state index contributed by atoms with van der Waals surface area (Å²) in [5.41, 5.74) is -0.297. The molecule has 8 heteroatoms. The normalized spacial score (nSPS) is 20.9. The Morgan fingerprint density at radius 1 is 1.03 bits per heavy atom. The number of fused-ring (bicyclic) bond motifs is 1. The van der Waals surface area contributed by atoms with E-state index in [2.05, 4.69) is 5.32 Å². The summed E-state index contributed by atoms with van der Waals surface area (Å²) in [6.07, 6.45) is -2.38. The number of halogens is 3. The molecule has 5 nitrogen and oxygen atoms in total. The van der Waals surface area contributed by atoms with Crippen molar-refractivity contribution >= 4 is 11.6 Å². The fraction of sp³-hybridized carbons (Fsp3) is 0.458. The minimum absolute atomic E-state index is 0.0189. The number of rotatable bonds is 4. The van der Waals surface area contributed by atoms with Gasteiger partial charge in [0.15, 0.2) is 0 Å². The van der Waals surface area contributed by atoms with Crippen LogP contribution in [0.4, 0.5) is 18.9 Å². The first kappa shape index (κ1) is 22.8. The zero-order chi connectivity index (χ0) is 23.1. The SMILES string of the molecule is CC[C@](O)(c1ccc2c(c1)CCC(=O)N2)N1CCC(O)(c2ccc(C(F)(F)F)cc2)CC1. The number of amides is 1. The molecule has 2 aromatic carbocycles. The molecule has 2 aromatic rings. The van der Waals surface area contributed by atoms with Crippen LogP contribution in [0.2, 0.25) is 0 Å². The Labute approximate surface area is 184 Å². The lowest BCUT2D eigenvalue weighted by Gasteiger charge is -2.46. The van der Waals surface area contributed by atoms with E-state index in [1.807, 2.05) is 30.0 Å². The number of alkyl halides is 3. The van der Waals surface area contributed by atoms with Crippen molar-refractivity contribution in [2.75, 3.05) is 18.4 Å². The molecule has 172 valence electrons. The van der Waals surface area contributed by atoms with E-state index < -0.39 is 23.1 Å². The lowest BCUT2D eigenvalue weighted by molar-refractivity contribution is -0.153. The van der Waals surface area contributed by atoms with Crippen LogP contribution in [-0.2, 0) is 28.7 Å². The fourth-order valence-electron chi connectivity index (χ4n) is 4.75. The van der Waals surface area contributed by atoms with Gasteiger partial charge >= 0.3 is 6.18 Å². The van der Waals surface area contributed by atoms with Crippen molar-refractivity contribution in [3.8, 4) is 0 Å². The number of carbonyl (C=O) groups excluding carboxylic acids is 1. The average Bonchev–Trinajstić information content (AvgIpc) is 2.78. The molecule has 0 saturated carbocycles. The van der Waals surface area contributed by atoms with E-state index in [0.29, 0.717) is 50.8 Å². The van der Waals surface area contributed by atoms with Crippen molar-refractivity contribution in [2.45, 2.75) is 56.5 Å². The lowest BCUT2D eigenvalue weighted by atomic mass is 9.82. The van der Waals surface area contributed by atoms with Crippen LogP contribution in [0.1, 0.15) is 54.9 Å². The number of aryl methyl sites for hydroxylation is 1. The Balaban J connectivity index is 1.51. The van der Waals surface area contributed by atoms with Crippen molar-refractivity contribution < 1.29 is 28.2 Å². The number of carbonyl (C=O) groups is 1. The smallest absolute Gasteiger partial charge is 0.385 e. The van der Waals surface area contributed by atoms with Gasteiger partial charge in [0.25, 0.3) is 0 Å². The van der Waals surface area contributed by atoms with Gasteiger partial charge in [0, 0.05) is 25.2 Å². The van der Waals surface area contributed by atoms with Crippen LogP contribution in [0.15, 0.2) is 42.5 Å². The standard InChI is InChI=1S/C24H27F3N2O3/c1-2-23(32,19-8-9-20-16(15-19)3-10-21(30)28-20)29-13-11-22(31,12-14-29)17-4-6-18(7-5-17)24(25,26)27/h4-9,15,31-32H,2-3,10-14H2,1H3,(H,28,30)/t23-/m0/s1. The largest absolute Gasteiger partial charge is 0.416 e. The van der Waals surface area contributed by atoms with E-state index in [-0.39, 0.29) is 5.91 Å². The second-order valence-corrected chi connectivity index (χ2v) is 8.68. The molecular formula is C24H27F3N2O3. The minimum atomic E-state index is -4.42. The van der Waals surface area contributed by atoms with Crippen molar-refractivity contribution in [3.05, 3.63) is 64.7 Å². The highest BCUT2D eigenvalue weighted by Crippen LogP contribution is 2.40. The number of aliphatic hydroxyl groups is 2. The van der Waals surface area contributed by atoms with Gasteiger partial charge in [-0.15, -0.1) is 0 Å². The molecule has 1 fully saturated rings. The summed E-state index contributed by atoms with van der Waals surface area (Å²) in [6.45, 7) is 2.66.